The Hall–Kier alpha value is -1.83. The molecule has 1 N–H and O–H groups in total. The first kappa shape index (κ1) is 11.6. The fourth-order valence-corrected chi connectivity index (χ4v) is 1.75. The van der Waals surface area contributed by atoms with E-state index < -0.39 is 0 Å². The van der Waals surface area contributed by atoms with Crippen LogP contribution in [0, 0.1) is 5.82 Å². The van der Waals surface area contributed by atoms with Gasteiger partial charge in [0.1, 0.15) is 5.82 Å². The van der Waals surface area contributed by atoms with Crippen LogP contribution in [0.1, 0.15) is 13.3 Å². The molecule has 2 heteroatoms. The van der Waals surface area contributed by atoms with Gasteiger partial charge in [0.2, 0.25) is 0 Å². The van der Waals surface area contributed by atoms with Gasteiger partial charge in [-0.2, -0.15) is 0 Å². The van der Waals surface area contributed by atoms with E-state index in [9.17, 15) is 4.39 Å². The Morgan fingerprint density at radius 2 is 1.82 bits per heavy atom. The predicted octanol–water partition coefficient (Wildman–Crippen LogP) is 4.31. The summed E-state index contributed by atoms with van der Waals surface area (Å²) in [6.07, 6.45) is 1.03. The lowest BCUT2D eigenvalue weighted by Crippen LogP contribution is -2.00. The molecule has 0 amide bonds. The van der Waals surface area contributed by atoms with Crippen molar-refractivity contribution in [2.24, 2.45) is 0 Å². The highest BCUT2D eigenvalue weighted by Gasteiger charge is 2.05. The second-order valence-electron chi connectivity index (χ2n) is 3.99. The molecule has 0 bridgehead atoms. The molecule has 88 valence electrons. The average Bonchev–Trinajstić information content (AvgIpc) is 2.37. The first-order chi connectivity index (χ1) is 8.31. The van der Waals surface area contributed by atoms with Crippen LogP contribution in [0.4, 0.5) is 10.1 Å². The second-order valence-corrected chi connectivity index (χ2v) is 3.99. The van der Waals surface area contributed by atoms with Gasteiger partial charge in [-0.15, -0.1) is 0 Å². The second kappa shape index (κ2) is 5.48. The number of nitrogens with one attached hydrogen (secondary N) is 1. The molecule has 2 rings (SSSR count). The maximum atomic E-state index is 13.9. The van der Waals surface area contributed by atoms with Gasteiger partial charge in [-0.25, -0.2) is 4.39 Å². The molecule has 0 aliphatic heterocycles. The molecule has 0 saturated carbocycles. The Labute approximate surface area is 101 Å². The number of hydrogen-bond acceptors (Lipinski definition) is 1. The lowest BCUT2D eigenvalue weighted by Gasteiger charge is -2.08. The minimum atomic E-state index is -0.183. The lowest BCUT2D eigenvalue weighted by atomic mass is 10.0. The Kier molecular flexibility index (Phi) is 3.76. The summed E-state index contributed by atoms with van der Waals surface area (Å²) in [4.78, 5) is 0. The van der Waals surface area contributed by atoms with E-state index in [0.717, 1.165) is 24.2 Å². The number of anilines is 1. The van der Waals surface area contributed by atoms with Crippen LogP contribution in [0.15, 0.2) is 48.5 Å². The Balaban J connectivity index is 2.26. The highest BCUT2D eigenvalue weighted by Crippen LogP contribution is 2.24. The third kappa shape index (κ3) is 2.84. The van der Waals surface area contributed by atoms with Gasteiger partial charge in [0, 0.05) is 17.8 Å². The van der Waals surface area contributed by atoms with Gasteiger partial charge in [0.05, 0.1) is 0 Å². The standard InChI is InChI=1S/C15H16FN/c1-2-10-17-13-8-9-14(15(16)11-13)12-6-4-3-5-7-12/h3-9,11,17H,2,10H2,1H3. The molecule has 0 atom stereocenters. The molecule has 0 heterocycles. The van der Waals surface area contributed by atoms with E-state index in [0.29, 0.717) is 5.56 Å². The van der Waals surface area contributed by atoms with Gasteiger partial charge < -0.3 is 5.32 Å². The van der Waals surface area contributed by atoms with Crippen molar-refractivity contribution in [2.45, 2.75) is 13.3 Å². The third-order valence-corrected chi connectivity index (χ3v) is 2.63. The van der Waals surface area contributed by atoms with Crippen LogP contribution in [-0.4, -0.2) is 6.54 Å². The first-order valence-corrected chi connectivity index (χ1v) is 5.90. The molecule has 1 nitrogen and oxygen atoms in total. The Morgan fingerprint density at radius 1 is 1.06 bits per heavy atom. The van der Waals surface area contributed by atoms with Crippen molar-refractivity contribution in [1.29, 1.82) is 0 Å². The smallest absolute Gasteiger partial charge is 0.133 e. The van der Waals surface area contributed by atoms with E-state index in [-0.39, 0.29) is 5.82 Å². The topological polar surface area (TPSA) is 12.0 Å². The molecule has 2 aromatic rings. The number of benzene rings is 2. The molecule has 2 aromatic carbocycles. The predicted molar refractivity (Wildman–Crippen MR) is 70.6 cm³/mol. The average molecular weight is 229 g/mol. The molecule has 17 heavy (non-hydrogen) atoms. The largest absolute Gasteiger partial charge is 0.385 e. The van der Waals surface area contributed by atoms with Gasteiger partial charge >= 0.3 is 0 Å². The summed E-state index contributed by atoms with van der Waals surface area (Å²) in [7, 11) is 0. The van der Waals surface area contributed by atoms with E-state index in [2.05, 4.69) is 12.2 Å². The van der Waals surface area contributed by atoms with Crippen LogP contribution in [0.2, 0.25) is 0 Å². The van der Waals surface area contributed by atoms with Crippen molar-refractivity contribution >= 4 is 5.69 Å². The van der Waals surface area contributed by atoms with Crippen LogP contribution >= 0.6 is 0 Å². The summed E-state index contributed by atoms with van der Waals surface area (Å²) < 4.78 is 13.9. The summed E-state index contributed by atoms with van der Waals surface area (Å²) in [6, 6.07) is 14.9. The molecule has 0 aromatic heterocycles. The van der Waals surface area contributed by atoms with Crippen LogP contribution in [0.3, 0.4) is 0 Å². The van der Waals surface area contributed by atoms with Crippen molar-refractivity contribution < 1.29 is 4.39 Å². The van der Waals surface area contributed by atoms with Gasteiger partial charge in [0.15, 0.2) is 0 Å². The minimum absolute atomic E-state index is 0.183. The molecular formula is C15H16FN. The number of rotatable bonds is 4. The van der Waals surface area contributed by atoms with Crippen molar-refractivity contribution in [3.05, 3.63) is 54.3 Å². The number of halogens is 1. The summed E-state index contributed by atoms with van der Waals surface area (Å²) in [5.74, 6) is -0.183. The summed E-state index contributed by atoms with van der Waals surface area (Å²) in [5.41, 5.74) is 2.39. The summed E-state index contributed by atoms with van der Waals surface area (Å²) >= 11 is 0. The monoisotopic (exact) mass is 229 g/mol. The van der Waals surface area contributed by atoms with Gasteiger partial charge in [-0.1, -0.05) is 37.3 Å². The normalized spacial score (nSPS) is 10.2. The third-order valence-electron chi connectivity index (χ3n) is 2.63. The summed E-state index contributed by atoms with van der Waals surface area (Å²) in [5, 5.41) is 3.17. The van der Waals surface area contributed by atoms with Crippen molar-refractivity contribution in [3.8, 4) is 11.1 Å². The van der Waals surface area contributed by atoms with Crippen LogP contribution < -0.4 is 5.32 Å². The van der Waals surface area contributed by atoms with Crippen LogP contribution in [0.25, 0.3) is 11.1 Å². The van der Waals surface area contributed by atoms with Crippen LogP contribution in [-0.2, 0) is 0 Å². The van der Waals surface area contributed by atoms with Crippen molar-refractivity contribution in [3.63, 3.8) is 0 Å². The fraction of sp³-hybridized carbons (Fsp3) is 0.200. The SMILES string of the molecule is CCCNc1ccc(-c2ccccc2)c(F)c1. The molecule has 0 aliphatic carbocycles. The lowest BCUT2D eigenvalue weighted by molar-refractivity contribution is 0.631. The molecular weight excluding hydrogens is 213 g/mol. The van der Waals surface area contributed by atoms with Crippen molar-refractivity contribution in [2.75, 3.05) is 11.9 Å². The number of hydrogen-bond donors (Lipinski definition) is 1. The van der Waals surface area contributed by atoms with Gasteiger partial charge in [0.25, 0.3) is 0 Å². The Bertz CT molecular complexity index is 480. The molecule has 0 aliphatic rings. The van der Waals surface area contributed by atoms with Gasteiger partial charge in [-0.05, 0) is 30.2 Å². The maximum Gasteiger partial charge on any atom is 0.133 e. The van der Waals surface area contributed by atoms with E-state index in [4.69, 9.17) is 0 Å². The highest BCUT2D eigenvalue weighted by atomic mass is 19.1. The zero-order valence-electron chi connectivity index (χ0n) is 9.91. The molecule has 0 radical (unpaired) electrons. The van der Waals surface area contributed by atoms with E-state index >= 15 is 0 Å². The quantitative estimate of drug-likeness (QED) is 0.823. The zero-order chi connectivity index (χ0) is 12.1. The molecule has 0 fully saturated rings. The maximum absolute atomic E-state index is 13.9. The molecule has 0 saturated heterocycles. The fourth-order valence-electron chi connectivity index (χ4n) is 1.75. The van der Waals surface area contributed by atoms with Crippen LogP contribution in [0.5, 0.6) is 0 Å². The first-order valence-electron chi connectivity index (χ1n) is 5.90. The van der Waals surface area contributed by atoms with Crippen molar-refractivity contribution in [1.82, 2.24) is 0 Å². The summed E-state index contributed by atoms with van der Waals surface area (Å²) in [6.45, 7) is 2.95. The van der Waals surface area contributed by atoms with Gasteiger partial charge in [-0.3, -0.25) is 0 Å². The minimum Gasteiger partial charge on any atom is -0.385 e. The van der Waals surface area contributed by atoms with E-state index in [1.807, 2.05) is 42.5 Å². The Morgan fingerprint density at radius 3 is 2.47 bits per heavy atom. The highest BCUT2D eigenvalue weighted by molar-refractivity contribution is 5.66. The molecule has 0 spiro atoms. The van der Waals surface area contributed by atoms with E-state index in [1.165, 1.54) is 0 Å². The zero-order valence-corrected chi connectivity index (χ0v) is 9.91. The van der Waals surface area contributed by atoms with E-state index in [1.54, 1.807) is 6.07 Å². The molecule has 0 unspecified atom stereocenters.